The summed E-state index contributed by atoms with van der Waals surface area (Å²) in [6, 6.07) is 11.7. The van der Waals surface area contributed by atoms with Gasteiger partial charge < -0.3 is 21.1 Å². The van der Waals surface area contributed by atoms with Crippen LogP contribution in [0.5, 0.6) is 5.75 Å². The van der Waals surface area contributed by atoms with Crippen LogP contribution in [0.1, 0.15) is 22.3 Å². The number of hydrogen-bond donors (Lipinski definition) is 3. The van der Waals surface area contributed by atoms with E-state index < -0.39 is 5.91 Å². The van der Waals surface area contributed by atoms with E-state index in [9.17, 15) is 14.4 Å². The number of nitrogens with two attached hydrogens (primary N) is 1. The third-order valence-electron chi connectivity index (χ3n) is 3.74. The molecule has 0 unspecified atom stereocenters. The van der Waals surface area contributed by atoms with Crippen molar-refractivity contribution in [3.63, 3.8) is 0 Å². The molecule has 0 spiro atoms. The Kier molecular flexibility index (Phi) is 4.65. The largest absolute Gasteiger partial charge is 0.491 e. The summed E-state index contributed by atoms with van der Waals surface area (Å²) < 4.78 is 5.48. The zero-order chi connectivity index (χ0) is 17.8. The number of amides is 3. The molecule has 0 saturated carbocycles. The van der Waals surface area contributed by atoms with Crippen LogP contribution < -0.4 is 21.1 Å². The molecule has 0 atom stereocenters. The van der Waals surface area contributed by atoms with Crippen LogP contribution in [0.3, 0.4) is 0 Å². The molecule has 2 aromatic rings. The maximum Gasteiger partial charge on any atom is 0.250 e. The molecular weight excluding hydrogens is 322 g/mol. The highest BCUT2D eigenvalue weighted by Crippen LogP contribution is 2.28. The Balaban J connectivity index is 1.74. The molecule has 1 aliphatic rings. The number of nitrogens with one attached hydrogen (secondary N) is 2. The number of primary amides is 1. The van der Waals surface area contributed by atoms with Crippen molar-refractivity contribution in [2.45, 2.75) is 12.8 Å². The number of carbonyl (C=O) groups excluding carboxylic acids is 3. The van der Waals surface area contributed by atoms with Crippen LogP contribution in [0.2, 0.25) is 0 Å². The Morgan fingerprint density at radius 1 is 1.20 bits per heavy atom. The van der Waals surface area contributed by atoms with Gasteiger partial charge in [0, 0.05) is 0 Å². The highest BCUT2D eigenvalue weighted by Gasteiger charge is 2.16. The number of para-hydroxylation sites is 1. The Labute approximate surface area is 144 Å². The molecule has 7 heteroatoms. The molecule has 3 amide bonds. The lowest BCUT2D eigenvalue weighted by Crippen LogP contribution is -2.19. The van der Waals surface area contributed by atoms with E-state index in [1.807, 2.05) is 0 Å². The van der Waals surface area contributed by atoms with Gasteiger partial charge in [0.05, 0.1) is 36.4 Å². The van der Waals surface area contributed by atoms with Crippen molar-refractivity contribution in [1.82, 2.24) is 0 Å². The molecule has 0 fully saturated rings. The molecule has 0 saturated heterocycles. The van der Waals surface area contributed by atoms with E-state index in [4.69, 9.17) is 10.5 Å². The third kappa shape index (κ3) is 3.95. The Morgan fingerprint density at radius 2 is 2.00 bits per heavy atom. The monoisotopic (exact) mass is 339 g/mol. The first kappa shape index (κ1) is 16.5. The predicted octanol–water partition coefficient (Wildman–Crippen LogP) is 1.69. The summed E-state index contributed by atoms with van der Waals surface area (Å²) in [4.78, 5) is 35.3. The quantitative estimate of drug-likeness (QED) is 0.787. The van der Waals surface area contributed by atoms with Crippen molar-refractivity contribution in [3.05, 3.63) is 53.6 Å². The zero-order valence-electron chi connectivity index (χ0n) is 13.4. The van der Waals surface area contributed by atoms with Crippen LogP contribution in [-0.4, -0.2) is 24.3 Å². The van der Waals surface area contributed by atoms with Crippen LogP contribution >= 0.6 is 0 Å². The second-order valence-electron chi connectivity index (χ2n) is 5.61. The molecule has 7 nitrogen and oxygen atoms in total. The van der Waals surface area contributed by atoms with Gasteiger partial charge in [-0.05, 0) is 29.8 Å². The summed E-state index contributed by atoms with van der Waals surface area (Å²) in [6.45, 7) is 0.322. The van der Waals surface area contributed by atoms with E-state index in [2.05, 4.69) is 10.6 Å². The minimum absolute atomic E-state index is 0.0796. The lowest BCUT2D eigenvalue weighted by molar-refractivity contribution is -0.116. The summed E-state index contributed by atoms with van der Waals surface area (Å²) in [5.41, 5.74) is 7.17. The number of anilines is 2. The Hall–Kier alpha value is -3.35. The maximum atomic E-state index is 12.3. The predicted molar refractivity (Wildman–Crippen MR) is 92.5 cm³/mol. The highest BCUT2D eigenvalue weighted by molar-refractivity contribution is 6.03. The Bertz CT molecular complexity index is 848. The third-order valence-corrected chi connectivity index (χ3v) is 3.74. The van der Waals surface area contributed by atoms with Crippen molar-refractivity contribution in [1.29, 1.82) is 0 Å². The van der Waals surface area contributed by atoms with Crippen molar-refractivity contribution in [2.75, 3.05) is 17.2 Å². The molecule has 25 heavy (non-hydrogen) atoms. The summed E-state index contributed by atoms with van der Waals surface area (Å²) in [5, 5.41) is 5.44. The van der Waals surface area contributed by atoms with Gasteiger partial charge in [0.1, 0.15) is 5.75 Å². The number of hydrogen-bond acceptors (Lipinski definition) is 4. The van der Waals surface area contributed by atoms with Crippen molar-refractivity contribution in [3.8, 4) is 5.75 Å². The van der Waals surface area contributed by atoms with Gasteiger partial charge in [-0.15, -0.1) is 0 Å². The smallest absolute Gasteiger partial charge is 0.250 e. The van der Waals surface area contributed by atoms with Gasteiger partial charge in [-0.2, -0.15) is 0 Å². The van der Waals surface area contributed by atoms with Crippen LogP contribution in [0.15, 0.2) is 42.5 Å². The van der Waals surface area contributed by atoms with Gasteiger partial charge in [0.2, 0.25) is 11.8 Å². The SMILES string of the molecule is NC(=O)c1ccccc1NC(=O)Cc1ccc2c(c1)NC(=O)CCO2. The van der Waals surface area contributed by atoms with E-state index in [1.165, 1.54) is 0 Å². The summed E-state index contributed by atoms with van der Waals surface area (Å²) >= 11 is 0. The van der Waals surface area contributed by atoms with Crippen molar-refractivity contribution < 1.29 is 19.1 Å². The molecule has 0 bridgehead atoms. The summed E-state index contributed by atoms with van der Waals surface area (Å²) in [6.07, 6.45) is 0.366. The molecule has 2 aromatic carbocycles. The van der Waals surface area contributed by atoms with Crippen LogP contribution in [0.25, 0.3) is 0 Å². The van der Waals surface area contributed by atoms with Crippen LogP contribution in [-0.2, 0) is 16.0 Å². The van der Waals surface area contributed by atoms with Gasteiger partial charge in [-0.25, -0.2) is 0 Å². The molecule has 1 heterocycles. The number of rotatable bonds is 4. The zero-order valence-corrected chi connectivity index (χ0v) is 13.4. The summed E-state index contributed by atoms with van der Waals surface area (Å²) in [5.74, 6) is -0.458. The van der Waals surface area contributed by atoms with E-state index >= 15 is 0 Å². The minimum atomic E-state index is -0.610. The van der Waals surface area contributed by atoms with Crippen molar-refractivity contribution in [2.24, 2.45) is 5.73 Å². The number of ether oxygens (including phenoxy) is 1. The number of benzene rings is 2. The Morgan fingerprint density at radius 3 is 2.80 bits per heavy atom. The normalized spacial score (nSPS) is 13.0. The molecule has 128 valence electrons. The molecule has 3 rings (SSSR count). The molecule has 1 aliphatic heterocycles. The second kappa shape index (κ2) is 7.04. The number of fused-ring (bicyclic) bond motifs is 1. The van der Waals surface area contributed by atoms with Crippen LogP contribution in [0.4, 0.5) is 11.4 Å². The molecule has 0 aliphatic carbocycles. The van der Waals surface area contributed by atoms with Gasteiger partial charge in [-0.3, -0.25) is 14.4 Å². The van der Waals surface area contributed by atoms with Gasteiger partial charge >= 0.3 is 0 Å². The first-order valence-electron chi connectivity index (χ1n) is 7.77. The first-order chi connectivity index (χ1) is 12.0. The van der Waals surface area contributed by atoms with Gasteiger partial charge in [0.25, 0.3) is 5.91 Å². The average Bonchev–Trinajstić information content (AvgIpc) is 2.75. The fraction of sp³-hybridized carbons (Fsp3) is 0.167. The lowest BCUT2D eigenvalue weighted by Gasteiger charge is -2.11. The second-order valence-corrected chi connectivity index (χ2v) is 5.61. The van der Waals surface area contributed by atoms with Gasteiger partial charge in [0.15, 0.2) is 0 Å². The molecule has 0 aromatic heterocycles. The highest BCUT2D eigenvalue weighted by atomic mass is 16.5. The first-order valence-corrected chi connectivity index (χ1v) is 7.77. The van der Waals surface area contributed by atoms with Crippen molar-refractivity contribution >= 4 is 29.1 Å². The standard InChI is InChI=1S/C18H17N3O4/c19-18(24)12-3-1-2-4-13(12)20-17(23)10-11-5-6-15-14(9-11)21-16(22)7-8-25-15/h1-6,9H,7-8,10H2,(H2,19,24)(H,20,23)(H,21,22). The molecular formula is C18H17N3O4. The average molecular weight is 339 g/mol. The van der Waals surface area contributed by atoms with Crippen LogP contribution in [0, 0.1) is 0 Å². The fourth-order valence-electron chi connectivity index (χ4n) is 2.56. The minimum Gasteiger partial charge on any atom is -0.491 e. The fourth-order valence-corrected chi connectivity index (χ4v) is 2.56. The van der Waals surface area contributed by atoms with Gasteiger partial charge in [-0.1, -0.05) is 18.2 Å². The van der Waals surface area contributed by atoms with E-state index in [-0.39, 0.29) is 30.2 Å². The molecule has 0 radical (unpaired) electrons. The topological polar surface area (TPSA) is 111 Å². The number of carbonyl (C=O) groups is 3. The van der Waals surface area contributed by atoms with E-state index in [0.717, 1.165) is 0 Å². The maximum absolute atomic E-state index is 12.3. The van der Waals surface area contributed by atoms with E-state index in [0.29, 0.717) is 29.3 Å². The molecule has 4 N–H and O–H groups in total. The summed E-state index contributed by atoms with van der Waals surface area (Å²) in [7, 11) is 0. The van der Waals surface area contributed by atoms with E-state index in [1.54, 1.807) is 42.5 Å². The lowest BCUT2D eigenvalue weighted by atomic mass is 10.1.